The minimum atomic E-state index is 0.940. The maximum atomic E-state index is 2.53. The smallest absolute Gasteiger partial charge is 0.0246 e. The summed E-state index contributed by atoms with van der Waals surface area (Å²) in [5.74, 6) is 0. The van der Waals surface area contributed by atoms with Gasteiger partial charge in [0.05, 0.1) is 0 Å². The predicted molar refractivity (Wildman–Crippen MR) is 129 cm³/mol. The molecule has 0 amide bonds. The van der Waals surface area contributed by atoms with Gasteiger partial charge in [0.1, 0.15) is 0 Å². The number of aryl methyl sites for hydroxylation is 2. The highest BCUT2D eigenvalue weighted by atomic mass is 127. The van der Waals surface area contributed by atoms with Crippen molar-refractivity contribution in [2.24, 2.45) is 0 Å². The molecule has 0 nitrogen and oxygen atoms in total. The monoisotopic (exact) mass is 474 g/mol. The van der Waals surface area contributed by atoms with Crippen molar-refractivity contribution in [3.63, 3.8) is 0 Å². The van der Waals surface area contributed by atoms with Crippen LogP contribution in [0.1, 0.15) is 22.3 Å². The second-order valence-electron chi connectivity index (χ2n) is 7.29. The van der Waals surface area contributed by atoms with Gasteiger partial charge in [-0.25, -0.2) is 0 Å². The molecule has 28 heavy (non-hydrogen) atoms. The molecule has 0 aliphatic heterocycles. The third kappa shape index (κ3) is 3.90. The minimum Gasteiger partial charge on any atom is -0.0622 e. The maximum absolute atomic E-state index is 2.53. The molecule has 0 fully saturated rings. The van der Waals surface area contributed by atoms with E-state index in [1.54, 1.807) is 0 Å². The van der Waals surface area contributed by atoms with E-state index in [4.69, 9.17) is 0 Å². The Labute approximate surface area is 181 Å². The molecule has 0 radical (unpaired) electrons. The number of halogens is 1. The fourth-order valence-corrected chi connectivity index (χ4v) is 4.80. The molecule has 0 saturated heterocycles. The Morgan fingerprint density at radius 2 is 1.25 bits per heavy atom. The first-order chi connectivity index (χ1) is 13.6. The molecule has 0 aromatic heterocycles. The topological polar surface area (TPSA) is 0 Å². The summed E-state index contributed by atoms with van der Waals surface area (Å²) in [5, 5.41) is 0. The van der Waals surface area contributed by atoms with Crippen molar-refractivity contribution < 1.29 is 0 Å². The zero-order chi connectivity index (χ0) is 19.5. The van der Waals surface area contributed by atoms with E-state index in [2.05, 4.69) is 127 Å². The Bertz CT molecular complexity index is 1100. The summed E-state index contributed by atoms with van der Waals surface area (Å²) in [6, 6.07) is 32.7. The van der Waals surface area contributed by atoms with Gasteiger partial charge in [0, 0.05) is 3.57 Å². The lowest BCUT2D eigenvalue weighted by Crippen LogP contribution is -2.00. The lowest BCUT2D eigenvalue weighted by molar-refractivity contribution is 1.14. The molecule has 0 bridgehead atoms. The highest BCUT2D eigenvalue weighted by Crippen LogP contribution is 2.33. The standard InChI is InChI=1S/C27H23I/c1-19-13-15-23(26(17-19)22-11-7-4-8-12-22)18-25-20(2)14-16-24(27(25)28)21-9-5-3-6-10-21/h3-17H,18H2,1-2H3. The molecule has 0 spiro atoms. The van der Waals surface area contributed by atoms with E-state index in [-0.39, 0.29) is 0 Å². The molecule has 4 rings (SSSR count). The van der Waals surface area contributed by atoms with Crippen molar-refractivity contribution in [1.29, 1.82) is 0 Å². The van der Waals surface area contributed by atoms with Gasteiger partial charge in [-0.15, -0.1) is 0 Å². The van der Waals surface area contributed by atoms with Crippen LogP contribution in [-0.4, -0.2) is 0 Å². The zero-order valence-electron chi connectivity index (χ0n) is 16.2. The van der Waals surface area contributed by atoms with E-state index in [0.29, 0.717) is 0 Å². The molecule has 4 aromatic carbocycles. The first-order valence-corrected chi connectivity index (χ1v) is 10.7. The van der Waals surface area contributed by atoms with E-state index >= 15 is 0 Å². The van der Waals surface area contributed by atoms with Gasteiger partial charge in [0.2, 0.25) is 0 Å². The van der Waals surface area contributed by atoms with Gasteiger partial charge >= 0.3 is 0 Å². The largest absolute Gasteiger partial charge is 0.0622 e. The molecule has 0 aliphatic carbocycles. The Morgan fingerprint density at radius 3 is 1.89 bits per heavy atom. The average molecular weight is 474 g/mol. The highest BCUT2D eigenvalue weighted by molar-refractivity contribution is 14.1. The molecule has 0 heterocycles. The van der Waals surface area contributed by atoms with Crippen LogP contribution in [0.15, 0.2) is 91.0 Å². The predicted octanol–water partition coefficient (Wildman–Crippen LogP) is 7.83. The second-order valence-corrected chi connectivity index (χ2v) is 8.37. The first kappa shape index (κ1) is 18.9. The van der Waals surface area contributed by atoms with Crippen molar-refractivity contribution in [3.8, 4) is 22.3 Å². The van der Waals surface area contributed by atoms with Crippen LogP contribution in [0, 0.1) is 17.4 Å². The van der Waals surface area contributed by atoms with Crippen LogP contribution in [0.5, 0.6) is 0 Å². The van der Waals surface area contributed by atoms with E-state index < -0.39 is 0 Å². The van der Waals surface area contributed by atoms with E-state index in [9.17, 15) is 0 Å². The molecule has 0 atom stereocenters. The van der Waals surface area contributed by atoms with Crippen molar-refractivity contribution >= 4 is 22.6 Å². The van der Waals surface area contributed by atoms with Crippen LogP contribution < -0.4 is 0 Å². The van der Waals surface area contributed by atoms with Gasteiger partial charge in [0.25, 0.3) is 0 Å². The molecule has 0 saturated carbocycles. The minimum absolute atomic E-state index is 0.940. The van der Waals surface area contributed by atoms with Gasteiger partial charge in [0.15, 0.2) is 0 Å². The summed E-state index contributed by atoms with van der Waals surface area (Å²) in [6.07, 6.45) is 0.940. The fraction of sp³-hybridized carbons (Fsp3) is 0.111. The Kier molecular flexibility index (Phi) is 5.63. The lowest BCUT2D eigenvalue weighted by Gasteiger charge is -2.16. The number of hydrogen-bond acceptors (Lipinski definition) is 0. The SMILES string of the molecule is Cc1ccc(Cc2c(C)ccc(-c3ccccc3)c2I)c(-c2ccccc2)c1. The number of rotatable bonds is 4. The van der Waals surface area contributed by atoms with Gasteiger partial charge in [-0.05, 0) is 81.8 Å². The van der Waals surface area contributed by atoms with Crippen LogP contribution in [-0.2, 0) is 6.42 Å². The fourth-order valence-electron chi connectivity index (χ4n) is 3.70. The summed E-state index contributed by atoms with van der Waals surface area (Å²) in [7, 11) is 0. The van der Waals surface area contributed by atoms with Gasteiger partial charge in [-0.2, -0.15) is 0 Å². The van der Waals surface area contributed by atoms with Crippen molar-refractivity contribution in [1.82, 2.24) is 0 Å². The summed E-state index contributed by atoms with van der Waals surface area (Å²) < 4.78 is 1.35. The van der Waals surface area contributed by atoms with Crippen LogP contribution in [0.25, 0.3) is 22.3 Å². The van der Waals surface area contributed by atoms with Crippen LogP contribution in [0.4, 0.5) is 0 Å². The van der Waals surface area contributed by atoms with Crippen molar-refractivity contribution in [2.45, 2.75) is 20.3 Å². The molecule has 0 unspecified atom stereocenters. The third-order valence-electron chi connectivity index (χ3n) is 5.28. The number of hydrogen-bond donors (Lipinski definition) is 0. The first-order valence-electron chi connectivity index (χ1n) is 9.62. The van der Waals surface area contributed by atoms with E-state index in [1.807, 2.05) is 0 Å². The summed E-state index contributed by atoms with van der Waals surface area (Å²) >= 11 is 2.53. The highest BCUT2D eigenvalue weighted by Gasteiger charge is 2.14. The number of benzene rings is 4. The van der Waals surface area contributed by atoms with Crippen LogP contribution in [0.3, 0.4) is 0 Å². The van der Waals surface area contributed by atoms with E-state index in [1.165, 1.54) is 48.1 Å². The molecule has 138 valence electrons. The summed E-state index contributed by atoms with van der Waals surface area (Å²) in [5.41, 5.74) is 10.7. The van der Waals surface area contributed by atoms with Crippen LogP contribution in [0.2, 0.25) is 0 Å². The average Bonchev–Trinajstić information content (AvgIpc) is 2.73. The second kappa shape index (κ2) is 8.32. The molecular formula is C27H23I. The van der Waals surface area contributed by atoms with E-state index in [0.717, 1.165) is 6.42 Å². The third-order valence-corrected chi connectivity index (χ3v) is 6.51. The Morgan fingerprint density at radius 1 is 0.643 bits per heavy atom. The quantitative estimate of drug-likeness (QED) is 0.265. The summed E-state index contributed by atoms with van der Waals surface area (Å²) in [4.78, 5) is 0. The van der Waals surface area contributed by atoms with Gasteiger partial charge in [-0.1, -0.05) is 96.6 Å². The van der Waals surface area contributed by atoms with Crippen LogP contribution >= 0.6 is 22.6 Å². The molecule has 0 N–H and O–H groups in total. The maximum Gasteiger partial charge on any atom is 0.0246 e. The summed E-state index contributed by atoms with van der Waals surface area (Å²) in [6.45, 7) is 4.39. The normalized spacial score (nSPS) is 10.8. The molecule has 4 aromatic rings. The molecule has 1 heteroatoms. The Balaban J connectivity index is 1.81. The Hall–Kier alpha value is -2.39. The van der Waals surface area contributed by atoms with Crippen molar-refractivity contribution in [3.05, 3.63) is 117 Å². The molecule has 0 aliphatic rings. The molecular weight excluding hydrogens is 451 g/mol. The lowest BCUT2D eigenvalue weighted by atomic mass is 9.90. The van der Waals surface area contributed by atoms with Gasteiger partial charge in [-0.3, -0.25) is 0 Å². The zero-order valence-corrected chi connectivity index (χ0v) is 18.4. The van der Waals surface area contributed by atoms with Gasteiger partial charge < -0.3 is 0 Å². The van der Waals surface area contributed by atoms with Crippen molar-refractivity contribution in [2.75, 3.05) is 0 Å².